The van der Waals surface area contributed by atoms with E-state index in [1.807, 2.05) is 41.3 Å². The third-order valence-corrected chi connectivity index (χ3v) is 5.09. The number of hydrogen-bond donors (Lipinski definition) is 1. The van der Waals surface area contributed by atoms with E-state index in [9.17, 15) is 9.59 Å². The molecule has 6 heteroatoms. The molecule has 1 amide bonds. The number of ether oxygens (including phenoxy) is 2. The van der Waals surface area contributed by atoms with E-state index < -0.39 is 0 Å². The lowest BCUT2D eigenvalue weighted by Gasteiger charge is -2.39. The zero-order valence-corrected chi connectivity index (χ0v) is 15.2. The predicted octanol–water partition coefficient (Wildman–Crippen LogP) is 3.22. The van der Waals surface area contributed by atoms with Gasteiger partial charge in [0, 0.05) is 18.8 Å². The highest BCUT2D eigenvalue weighted by Gasteiger charge is 2.35. The highest BCUT2D eigenvalue weighted by Crippen LogP contribution is 2.34. The lowest BCUT2D eigenvalue weighted by atomic mass is 10.0. The summed E-state index contributed by atoms with van der Waals surface area (Å²) < 4.78 is 10.5. The fraction of sp³-hybridized carbons (Fsp3) is 0.333. The van der Waals surface area contributed by atoms with Gasteiger partial charge in [0.05, 0.1) is 24.3 Å². The van der Waals surface area contributed by atoms with Crippen LogP contribution in [0.25, 0.3) is 0 Å². The Bertz CT molecular complexity index is 844. The molecule has 2 unspecified atom stereocenters. The van der Waals surface area contributed by atoms with Gasteiger partial charge >= 0.3 is 5.97 Å². The number of hydrogen-bond acceptors (Lipinski definition) is 5. The Morgan fingerprint density at radius 3 is 2.70 bits per heavy atom. The van der Waals surface area contributed by atoms with Gasteiger partial charge in [0.15, 0.2) is 0 Å². The number of amides is 1. The van der Waals surface area contributed by atoms with Gasteiger partial charge in [0.25, 0.3) is 5.91 Å². The first-order valence-electron chi connectivity index (χ1n) is 9.14. The van der Waals surface area contributed by atoms with Gasteiger partial charge in [-0.25, -0.2) is 4.79 Å². The maximum Gasteiger partial charge on any atom is 0.337 e. The number of carbonyl (C=O) groups is 2. The lowest BCUT2D eigenvalue weighted by molar-refractivity contribution is 0.0426. The topological polar surface area (TPSA) is 67.9 Å². The molecule has 0 aromatic heterocycles. The number of benzene rings is 2. The van der Waals surface area contributed by atoms with Crippen LogP contribution in [0, 0.1) is 0 Å². The van der Waals surface area contributed by atoms with Gasteiger partial charge in [0.1, 0.15) is 6.17 Å². The van der Waals surface area contributed by atoms with E-state index in [1.165, 1.54) is 7.11 Å². The zero-order valence-electron chi connectivity index (χ0n) is 15.2. The summed E-state index contributed by atoms with van der Waals surface area (Å²) in [6.45, 7) is 1.28. The van der Waals surface area contributed by atoms with Gasteiger partial charge in [0.2, 0.25) is 0 Å². The van der Waals surface area contributed by atoms with Gasteiger partial charge in [-0.1, -0.05) is 24.3 Å². The zero-order chi connectivity index (χ0) is 18.8. The van der Waals surface area contributed by atoms with Gasteiger partial charge in [-0.15, -0.1) is 0 Å². The number of para-hydroxylation sites is 1. The molecule has 27 heavy (non-hydrogen) atoms. The summed E-state index contributed by atoms with van der Waals surface area (Å²) in [5.41, 5.74) is 2.86. The molecule has 2 aromatic carbocycles. The summed E-state index contributed by atoms with van der Waals surface area (Å²) in [4.78, 5) is 26.7. The fourth-order valence-corrected chi connectivity index (χ4v) is 3.67. The molecular formula is C21H22N2O4. The largest absolute Gasteiger partial charge is 0.465 e. The molecule has 0 aliphatic carbocycles. The van der Waals surface area contributed by atoms with E-state index in [0.717, 1.165) is 30.7 Å². The van der Waals surface area contributed by atoms with Gasteiger partial charge in [-0.2, -0.15) is 0 Å². The smallest absolute Gasteiger partial charge is 0.337 e. The second kappa shape index (κ2) is 7.40. The maximum absolute atomic E-state index is 13.2. The summed E-state index contributed by atoms with van der Waals surface area (Å²) in [6.07, 6.45) is 1.72. The van der Waals surface area contributed by atoms with Crippen molar-refractivity contribution in [2.75, 3.05) is 25.6 Å². The average Bonchev–Trinajstić information content (AvgIpc) is 3.23. The molecular weight excluding hydrogens is 344 g/mol. The molecule has 0 saturated carbocycles. The molecule has 2 aliphatic rings. The molecule has 2 heterocycles. The summed E-state index contributed by atoms with van der Waals surface area (Å²) in [6, 6.07) is 14.7. The predicted molar refractivity (Wildman–Crippen MR) is 101 cm³/mol. The standard InChI is InChI=1S/C21H22N2O4/c1-26-21(25)15-10-8-14(9-11-15)19-22-18-7-3-2-6-17(18)20(24)23(19)13-16-5-4-12-27-16/h2-3,6-11,16,19,22H,4-5,12-13H2,1H3. The van der Waals surface area contributed by atoms with E-state index in [-0.39, 0.29) is 24.1 Å². The first kappa shape index (κ1) is 17.5. The third-order valence-electron chi connectivity index (χ3n) is 5.09. The number of anilines is 1. The minimum Gasteiger partial charge on any atom is -0.465 e. The first-order valence-corrected chi connectivity index (χ1v) is 9.14. The van der Waals surface area contributed by atoms with Crippen molar-refractivity contribution in [2.24, 2.45) is 0 Å². The van der Waals surface area contributed by atoms with Crippen molar-refractivity contribution >= 4 is 17.6 Å². The molecule has 2 aromatic rings. The Labute approximate surface area is 158 Å². The second-order valence-electron chi connectivity index (χ2n) is 6.80. The number of nitrogens with zero attached hydrogens (tertiary/aromatic N) is 1. The highest BCUT2D eigenvalue weighted by molar-refractivity contribution is 6.01. The van der Waals surface area contributed by atoms with Crippen LogP contribution in [0.3, 0.4) is 0 Å². The van der Waals surface area contributed by atoms with E-state index in [1.54, 1.807) is 12.1 Å². The molecule has 0 radical (unpaired) electrons. The van der Waals surface area contributed by atoms with E-state index in [4.69, 9.17) is 9.47 Å². The normalized spacial score (nSPS) is 21.5. The quantitative estimate of drug-likeness (QED) is 0.842. The van der Waals surface area contributed by atoms with Crippen LogP contribution >= 0.6 is 0 Å². The number of carbonyl (C=O) groups excluding carboxylic acids is 2. The van der Waals surface area contributed by atoms with Crippen molar-refractivity contribution in [2.45, 2.75) is 25.1 Å². The number of nitrogens with one attached hydrogen (secondary N) is 1. The maximum atomic E-state index is 13.2. The fourth-order valence-electron chi connectivity index (χ4n) is 3.67. The Balaban J connectivity index is 1.67. The Hall–Kier alpha value is -2.86. The molecule has 140 valence electrons. The van der Waals surface area contributed by atoms with Crippen LogP contribution in [0.2, 0.25) is 0 Å². The molecule has 1 saturated heterocycles. The van der Waals surface area contributed by atoms with Crippen LogP contribution in [-0.2, 0) is 9.47 Å². The molecule has 0 spiro atoms. The van der Waals surface area contributed by atoms with Gasteiger partial charge in [-0.05, 0) is 42.7 Å². The molecule has 0 bridgehead atoms. The van der Waals surface area contributed by atoms with E-state index in [2.05, 4.69) is 5.32 Å². The van der Waals surface area contributed by atoms with Gasteiger partial charge < -0.3 is 19.7 Å². The van der Waals surface area contributed by atoms with Crippen LogP contribution in [0.5, 0.6) is 0 Å². The molecule has 1 fully saturated rings. The van der Waals surface area contributed by atoms with Crippen molar-refractivity contribution < 1.29 is 19.1 Å². The van der Waals surface area contributed by atoms with Crippen LogP contribution in [0.1, 0.15) is 45.3 Å². The monoisotopic (exact) mass is 366 g/mol. The van der Waals surface area contributed by atoms with Crippen LogP contribution in [0.4, 0.5) is 5.69 Å². The highest BCUT2D eigenvalue weighted by atomic mass is 16.5. The Morgan fingerprint density at radius 2 is 2.00 bits per heavy atom. The van der Waals surface area contributed by atoms with Crippen molar-refractivity contribution in [3.05, 3.63) is 65.2 Å². The molecule has 2 atom stereocenters. The minimum absolute atomic E-state index is 0.0121. The third kappa shape index (κ3) is 3.40. The van der Waals surface area contributed by atoms with Crippen molar-refractivity contribution in [1.82, 2.24) is 4.90 Å². The summed E-state index contributed by atoms with van der Waals surface area (Å²) in [5.74, 6) is -0.391. The number of rotatable bonds is 4. The molecule has 4 rings (SSSR count). The first-order chi connectivity index (χ1) is 13.2. The second-order valence-corrected chi connectivity index (χ2v) is 6.80. The van der Waals surface area contributed by atoms with Crippen molar-refractivity contribution in [1.29, 1.82) is 0 Å². The summed E-state index contributed by atoms with van der Waals surface area (Å²) in [7, 11) is 1.36. The molecule has 2 aliphatic heterocycles. The Kier molecular flexibility index (Phi) is 4.81. The van der Waals surface area contributed by atoms with E-state index >= 15 is 0 Å². The van der Waals surface area contributed by atoms with Crippen molar-refractivity contribution in [3.63, 3.8) is 0 Å². The minimum atomic E-state index is -0.379. The van der Waals surface area contributed by atoms with Crippen LogP contribution < -0.4 is 5.32 Å². The summed E-state index contributed by atoms with van der Waals surface area (Å²) in [5, 5.41) is 3.46. The number of methoxy groups -OCH3 is 1. The van der Waals surface area contributed by atoms with E-state index in [0.29, 0.717) is 17.7 Å². The van der Waals surface area contributed by atoms with Gasteiger partial charge in [-0.3, -0.25) is 4.79 Å². The number of esters is 1. The SMILES string of the molecule is COC(=O)c1ccc(C2Nc3ccccc3C(=O)N2CC2CCCO2)cc1. The lowest BCUT2D eigenvalue weighted by Crippen LogP contribution is -2.46. The number of fused-ring (bicyclic) bond motifs is 1. The van der Waals surface area contributed by atoms with Crippen LogP contribution in [-0.4, -0.2) is 43.1 Å². The summed E-state index contributed by atoms with van der Waals surface area (Å²) >= 11 is 0. The Morgan fingerprint density at radius 1 is 1.22 bits per heavy atom. The molecule has 1 N–H and O–H groups in total. The molecule has 6 nitrogen and oxygen atoms in total. The van der Waals surface area contributed by atoms with Crippen molar-refractivity contribution in [3.8, 4) is 0 Å². The average molecular weight is 366 g/mol. The van der Waals surface area contributed by atoms with Crippen LogP contribution in [0.15, 0.2) is 48.5 Å².